The van der Waals surface area contributed by atoms with E-state index in [0.29, 0.717) is 5.56 Å². The van der Waals surface area contributed by atoms with Gasteiger partial charge < -0.3 is 5.11 Å². The van der Waals surface area contributed by atoms with Crippen LogP contribution >= 0.6 is 22.7 Å². The zero-order valence-electron chi connectivity index (χ0n) is 11.7. The van der Waals surface area contributed by atoms with Gasteiger partial charge >= 0.3 is 5.97 Å². The van der Waals surface area contributed by atoms with Gasteiger partial charge in [0.05, 0.1) is 5.01 Å². The molecule has 0 atom stereocenters. The average molecular weight is 346 g/mol. The van der Waals surface area contributed by atoms with E-state index in [0.717, 1.165) is 25.5 Å². The number of hydrogen-bond acceptors (Lipinski definition) is 6. The van der Waals surface area contributed by atoms with Gasteiger partial charge in [0.2, 0.25) is 10.0 Å². The van der Waals surface area contributed by atoms with E-state index in [1.807, 2.05) is 6.92 Å². The lowest BCUT2D eigenvalue weighted by molar-refractivity contribution is 0.0698. The summed E-state index contributed by atoms with van der Waals surface area (Å²) >= 11 is 2.34. The van der Waals surface area contributed by atoms with Crippen LogP contribution < -0.4 is 0 Å². The van der Waals surface area contributed by atoms with Crippen LogP contribution in [0.15, 0.2) is 16.5 Å². The van der Waals surface area contributed by atoms with Gasteiger partial charge in [0.1, 0.15) is 9.77 Å². The number of aromatic carboxylic acids is 1. The Bertz CT molecular complexity index is 776. The third-order valence-electron chi connectivity index (χ3n) is 2.83. The number of carbonyl (C=O) groups is 1. The highest BCUT2D eigenvalue weighted by atomic mass is 32.2. The molecule has 0 aliphatic rings. The number of thiophene rings is 1. The van der Waals surface area contributed by atoms with Crippen molar-refractivity contribution in [1.82, 2.24) is 9.29 Å². The Morgan fingerprint density at radius 2 is 2.10 bits per heavy atom. The van der Waals surface area contributed by atoms with Crippen molar-refractivity contribution in [3.8, 4) is 0 Å². The van der Waals surface area contributed by atoms with Crippen LogP contribution in [0.2, 0.25) is 0 Å². The summed E-state index contributed by atoms with van der Waals surface area (Å²) in [7, 11) is -2.41. The Kier molecular flexibility index (Phi) is 4.47. The van der Waals surface area contributed by atoms with E-state index >= 15 is 0 Å². The van der Waals surface area contributed by atoms with E-state index in [9.17, 15) is 13.2 Å². The van der Waals surface area contributed by atoms with Crippen molar-refractivity contribution >= 4 is 38.7 Å². The summed E-state index contributed by atoms with van der Waals surface area (Å²) in [5, 5.41) is 11.5. The standard InChI is InChI=1S/C12H14N2O4S3/c1-7-6-19-10(12(15)16)11(7)21(17,18)14(3)5-9-4-13-8(2)20-9/h4,6H,5H2,1-3H3,(H,15,16). The van der Waals surface area contributed by atoms with Crippen LogP contribution in [-0.2, 0) is 16.6 Å². The first kappa shape index (κ1) is 16.1. The monoisotopic (exact) mass is 346 g/mol. The minimum Gasteiger partial charge on any atom is -0.477 e. The van der Waals surface area contributed by atoms with Gasteiger partial charge in [-0.15, -0.1) is 22.7 Å². The number of aromatic nitrogens is 1. The van der Waals surface area contributed by atoms with Crippen LogP contribution in [-0.4, -0.2) is 35.8 Å². The Hall–Kier alpha value is -1.29. The molecule has 0 radical (unpaired) electrons. The van der Waals surface area contributed by atoms with Gasteiger partial charge in [0.15, 0.2) is 0 Å². The fraction of sp³-hybridized carbons (Fsp3) is 0.333. The van der Waals surface area contributed by atoms with E-state index in [2.05, 4.69) is 4.98 Å². The molecule has 0 saturated heterocycles. The molecule has 114 valence electrons. The maximum Gasteiger partial charge on any atom is 0.347 e. The molecule has 0 fully saturated rings. The SMILES string of the molecule is Cc1ncc(CN(C)S(=O)(=O)c2c(C)csc2C(=O)O)s1. The minimum atomic E-state index is -3.85. The number of carboxylic acids is 1. The number of hydrogen-bond donors (Lipinski definition) is 1. The molecule has 2 aromatic heterocycles. The van der Waals surface area contributed by atoms with Crippen LogP contribution in [0.25, 0.3) is 0 Å². The van der Waals surface area contributed by atoms with Gasteiger partial charge in [-0.2, -0.15) is 4.31 Å². The Labute approximate surface area is 130 Å². The van der Waals surface area contributed by atoms with Crippen molar-refractivity contribution in [3.05, 3.63) is 31.9 Å². The topological polar surface area (TPSA) is 87.6 Å². The molecular formula is C12H14N2O4S3. The lowest BCUT2D eigenvalue weighted by atomic mass is 10.3. The van der Waals surface area contributed by atoms with Crippen molar-refractivity contribution in [1.29, 1.82) is 0 Å². The zero-order valence-corrected chi connectivity index (χ0v) is 14.1. The van der Waals surface area contributed by atoms with Crippen LogP contribution in [0, 0.1) is 13.8 Å². The minimum absolute atomic E-state index is 0.122. The third-order valence-corrected chi connectivity index (χ3v) is 6.93. The molecule has 0 unspecified atom stereocenters. The summed E-state index contributed by atoms with van der Waals surface area (Å²) in [6.45, 7) is 3.61. The number of thiazole rings is 1. The van der Waals surface area contributed by atoms with Crippen molar-refractivity contribution in [3.63, 3.8) is 0 Å². The van der Waals surface area contributed by atoms with Gasteiger partial charge in [-0.1, -0.05) is 0 Å². The molecule has 2 rings (SSSR count). The lowest BCUT2D eigenvalue weighted by Crippen LogP contribution is -2.27. The van der Waals surface area contributed by atoms with E-state index in [1.54, 1.807) is 18.5 Å². The molecule has 2 heterocycles. The van der Waals surface area contributed by atoms with Crippen LogP contribution in [0.1, 0.15) is 25.1 Å². The van der Waals surface area contributed by atoms with Crippen molar-refractivity contribution in [2.45, 2.75) is 25.3 Å². The lowest BCUT2D eigenvalue weighted by Gasteiger charge is -2.16. The Morgan fingerprint density at radius 3 is 2.62 bits per heavy atom. The largest absolute Gasteiger partial charge is 0.477 e. The molecule has 9 heteroatoms. The quantitative estimate of drug-likeness (QED) is 0.898. The average Bonchev–Trinajstić information content (AvgIpc) is 2.95. The first-order valence-electron chi connectivity index (χ1n) is 5.92. The van der Waals surface area contributed by atoms with E-state index in [1.165, 1.54) is 18.4 Å². The van der Waals surface area contributed by atoms with Gasteiger partial charge in [-0.25, -0.2) is 18.2 Å². The van der Waals surface area contributed by atoms with Crippen molar-refractivity contribution in [2.24, 2.45) is 0 Å². The van der Waals surface area contributed by atoms with E-state index < -0.39 is 16.0 Å². The molecule has 0 aliphatic heterocycles. The Balaban J connectivity index is 2.37. The fourth-order valence-corrected chi connectivity index (χ4v) is 5.49. The maximum absolute atomic E-state index is 12.6. The van der Waals surface area contributed by atoms with Gasteiger partial charge in [0.25, 0.3) is 0 Å². The molecule has 0 aliphatic carbocycles. The molecular weight excluding hydrogens is 332 g/mol. The molecule has 0 spiro atoms. The van der Waals surface area contributed by atoms with Gasteiger partial charge in [-0.05, 0) is 24.8 Å². The summed E-state index contributed by atoms with van der Waals surface area (Å²) < 4.78 is 26.4. The number of aryl methyl sites for hydroxylation is 2. The highest BCUT2D eigenvalue weighted by molar-refractivity contribution is 7.89. The second-order valence-corrected chi connectivity index (χ2v) is 8.67. The normalized spacial score (nSPS) is 12.0. The molecule has 0 saturated carbocycles. The van der Waals surface area contributed by atoms with Crippen LogP contribution in [0.5, 0.6) is 0 Å². The number of nitrogens with zero attached hydrogens (tertiary/aromatic N) is 2. The van der Waals surface area contributed by atoms with Gasteiger partial charge in [0, 0.05) is 24.7 Å². The van der Waals surface area contributed by atoms with Gasteiger partial charge in [-0.3, -0.25) is 0 Å². The van der Waals surface area contributed by atoms with Crippen molar-refractivity contribution in [2.75, 3.05) is 7.05 Å². The Morgan fingerprint density at radius 1 is 1.43 bits per heavy atom. The molecule has 21 heavy (non-hydrogen) atoms. The molecule has 2 aromatic rings. The van der Waals surface area contributed by atoms with Crippen LogP contribution in [0.4, 0.5) is 0 Å². The summed E-state index contributed by atoms with van der Waals surface area (Å²) in [6, 6.07) is 0. The molecule has 1 N–H and O–H groups in total. The highest BCUT2D eigenvalue weighted by Gasteiger charge is 2.30. The van der Waals surface area contributed by atoms with Crippen molar-refractivity contribution < 1.29 is 18.3 Å². The zero-order chi connectivity index (χ0) is 15.8. The first-order valence-corrected chi connectivity index (χ1v) is 9.06. The van der Waals surface area contributed by atoms with E-state index in [4.69, 9.17) is 5.11 Å². The summed E-state index contributed by atoms with van der Waals surface area (Å²) in [5.41, 5.74) is 0.449. The first-order chi connectivity index (χ1) is 9.73. The molecule has 0 amide bonds. The summed E-state index contributed by atoms with van der Waals surface area (Å²) in [4.78, 5) is 15.8. The molecule has 6 nitrogen and oxygen atoms in total. The predicted octanol–water partition coefficient (Wildman–Crippen LogP) is 2.34. The second kappa shape index (κ2) is 5.84. The molecule has 0 aromatic carbocycles. The maximum atomic E-state index is 12.6. The number of sulfonamides is 1. The number of carboxylic acid groups (broad SMARTS) is 1. The third kappa shape index (κ3) is 3.15. The smallest absolute Gasteiger partial charge is 0.347 e. The summed E-state index contributed by atoms with van der Waals surface area (Å²) in [5.74, 6) is -1.23. The second-order valence-electron chi connectivity index (χ2n) is 4.49. The molecule has 0 bridgehead atoms. The predicted molar refractivity (Wildman–Crippen MR) is 81.5 cm³/mol. The number of rotatable bonds is 5. The summed E-state index contributed by atoms with van der Waals surface area (Å²) in [6.07, 6.45) is 1.63. The highest BCUT2D eigenvalue weighted by Crippen LogP contribution is 2.30. The van der Waals surface area contributed by atoms with E-state index in [-0.39, 0.29) is 16.3 Å². The fourth-order valence-electron chi connectivity index (χ4n) is 1.84. The van der Waals surface area contributed by atoms with Crippen LogP contribution in [0.3, 0.4) is 0 Å².